The van der Waals surface area contributed by atoms with Crippen molar-refractivity contribution in [2.45, 2.75) is 13.5 Å². The van der Waals surface area contributed by atoms with Crippen LogP contribution in [0.1, 0.15) is 16.8 Å². The van der Waals surface area contributed by atoms with Crippen LogP contribution in [0.2, 0.25) is 0 Å². The number of para-hydroxylation sites is 1. The van der Waals surface area contributed by atoms with Gasteiger partial charge in [0.1, 0.15) is 17.4 Å². The molecule has 3 aromatic rings. The van der Waals surface area contributed by atoms with Crippen molar-refractivity contribution in [3.8, 4) is 11.8 Å². The van der Waals surface area contributed by atoms with Crippen molar-refractivity contribution >= 4 is 22.9 Å². The zero-order chi connectivity index (χ0) is 19.4. The predicted molar refractivity (Wildman–Crippen MR) is 106 cm³/mol. The number of carbonyl (C=O) groups excluding carboxylic acids is 1. The molecule has 3 rings (SSSR count). The molecule has 136 valence electrons. The molecule has 27 heavy (non-hydrogen) atoms. The molecule has 5 heteroatoms. The first-order chi connectivity index (χ1) is 13.0. The number of ether oxygens (including phenoxy) is 1. The molecule has 0 saturated carbocycles. The van der Waals surface area contributed by atoms with E-state index in [1.807, 2.05) is 68.6 Å². The fraction of sp³-hybridized carbons (Fsp3) is 0.182. The van der Waals surface area contributed by atoms with E-state index in [4.69, 9.17) is 4.74 Å². The van der Waals surface area contributed by atoms with Crippen LogP contribution in [-0.2, 0) is 18.4 Å². The molecule has 0 aliphatic heterocycles. The summed E-state index contributed by atoms with van der Waals surface area (Å²) in [6.07, 6.45) is 1.67. The molecule has 1 amide bonds. The van der Waals surface area contributed by atoms with E-state index in [2.05, 4.69) is 9.88 Å². The maximum absolute atomic E-state index is 12.5. The Balaban J connectivity index is 1.83. The van der Waals surface area contributed by atoms with Gasteiger partial charge < -0.3 is 14.6 Å². The standard InChI is InChI=1S/C22H21N3O2/c1-15-20(19-6-4-5-7-21(19)25(15)2)12-17(13-23)22(26)24-14-16-8-10-18(27-3)11-9-16/h4-12H,14H2,1-3H3,(H,24,26). The van der Waals surface area contributed by atoms with Gasteiger partial charge in [-0.3, -0.25) is 4.79 Å². The lowest BCUT2D eigenvalue weighted by molar-refractivity contribution is -0.117. The highest BCUT2D eigenvalue weighted by Gasteiger charge is 2.14. The van der Waals surface area contributed by atoms with E-state index in [1.165, 1.54) is 0 Å². The Morgan fingerprint density at radius 3 is 2.59 bits per heavy atom. The molecule has 0 saturated heterocycles. The Bertz CT molecular complexity index is 1050. The number of hydrogen-bond donors (Lipinski definition) is 1. The van der Waals surface area contributed by atoms with E-state index in [0.29, 0.717) is 6.54 Å². The molecule has 5 nitrogen and oxygen atoms in total. The number of fused-ring (bicyclic) bond motifs is 1. The van der Waals surface area contributed by atoms with Crippen molar-refractivity contribution < 1.29 is 9.53 Å². The molecule has 1 N–H and O–H groups in total. The zero-order valence-electron chi connectivity index (χ0n) is 15.6. The number of methoxy groups -OCH3 is 1. The Morgan fingerprint density at radius 1 is 1.22 bits per heavy atom. The Hall–Kier alpha value is -3.52. The van der Waals surface area contributed by atoms with Crippen LogP contribution in [0, 0.1) is 18.3 Å². The number of benzene rings is 2. The first-order valence-corrected chi connectivity index (χ1v) is 8.62. The number of nitrogens with zero attached hydrogens (tertiary/aromatic N) is 2. The molecule has 0 bridgehead atoms. The number of aryl methyl sites for hydroxylation is 1. The highest BCUT2D eigenvalue weighted by Crippen LogP contribution is 2.26. The van der Waals surface area contributed by atoms with Crippen LogP contribution in [0.15, 0.2) is 54.1 Å². The molecule has 2 aromatic carbocycles. The number of carbonyl (C=O) groups is 1. The third-order valence-electron chi connectivity index (χ3n) is 4.71. The van der Waals surface area contributed by atoms with E-state index in [-0.39, 0.29) is 11.5 Å². The lowest BCUT2D eigenvalue weighted by Crippen LogP contribution is -2.23. The third-order valence-corrected chi connectivity index (χ3v) is 4.71. The highest BCUT2D eigenvalue weighted by atomic mass is 16.5. The van der Waals surface area contributed by atoms with Crippen molar-refractivity contribution in [2.75, 3.05) is 7.11 Å². The van der Waals surface area contributed by atoms with Crippen molar-refractivity contribution in [3.05, 3.63) is 70.9 Å². The summed E-state index contributed by atoms with van der Waals surface area (Å²) in [6.45, 7) is 2.33. The minimum Gasteiger partial charge on any atom is -0.497 e. The van der Waals surface area contributed by atoms with Crippen LogP contribution in [0.25, 0.3) is 17.0 Å². The number of aromatic nitrogens is 1. The van der Waals surface area contributed by atoms with Gasteiger partial charge in [0.15, 0.2) is 0 Å². The summed E-state index contributed by atoms with van der Waals surface area (Å²) in [5.74, 6) is 0.370. The normalized spacial score (nSPS) is 11.3. The SMILES string of the molecule is COc1ccc(CNC(=O)C(C#N)=Cc2c(C)n(C)c3ccccc23)cc1. The van der Waals surface area contributed by atoms with Gasteiger partial charge in [-0.05, 0) is 36.8 Å². The summed E-state index contributed by atoms with van der Waals surface area (Å²) < 4.78 is 7.18. The molecule has 0 fully saturated rings. The van der Waals surface area contributed by atoms with Crippen molar-refractivity contribution in [1.82, 2.24) is 9.88 Å². The number of rotatable bonds is 5. The molecule has 0 unspecified atom stereocenters. The number of hydrogen-bond acceptors (Lipinski definition) is 3. The smallest absolute Gasteiger partial charge is 0.262 e. The van der Waals surface area contributed by atoms with Gasteiger partial charge in [0, 0.05) is 35.8 Å². The van der Waals surface area contributed by atoms with Crippen LogP contribution >= 0.6 is 0 Å². The third kappa shape index (κ3) is 3.70. The Kier molecular flexibility index (Phi) is 5.28. The van der Waals surface area contributed by atoms with Gasteiger partial charge in [0.05, 0.1) is 7.11 Å². The van der Waals surface area contributed by atoms with Crippen LogP contribution in [0.4, 0.5) is 0 Å². The van der Waals surface area contributed by atoms with Crippen LogP contribution in [0.5, 0.6) is 5.75 Å². The van der Waals surface area contributed by atoms with Crippen LogP contribution < -0.4 is 10.1 Å². The molecule has 1 aromatic heterocycles. The van der Waals surface area contributed by atoms with Gasteiger partial charge in [-0.2, -0.15) is 5.26 Å². The summed E-state index contributed by atoms with van der Waals surface area (Å²) in [5, 5.41) is 13.3. The maximum Gasteiger partial charge on any atom is 0.262 e. The average molecular weight is 359 g/mol. The summed E-state index contributed by atoms with van der Waals surface area (Å²) in [7, 11) is 3.58. The number of nitriles is 1. The van der Waals surface area contributed by atoms with Gasteiger partial charge in [0.25, 0.3) is 5.91 Å². The van der Waals surface area contributed by atoms with Crippen molar-refractivity contribution in [3.63, 3.8) is 0 Å². The number of nitrogens with one attached hydrogen (secondary N) is 1. The molecule has 0 aliphatic rings. The van der Waals surface area contributed by atoms with Gasteiger partial charge in [0.2, 0.25) is 0 Å². The zero-order valence-corrected chi connectivity index (χ0v) is 15.6. The van der Waals surface area contributed by atoms with Crippen LogP contribution in [-0.4, -0.2) is 17.6 Å². The maximum atomic E-state index is 12.5. The lowest BCUT2D eigenvalue weighted by Gasteiger charge is -2.06. The molecule has 0 atom stereocenters. The minimum absolute atomic E-state index is 0.0861. The van der Waals surface area contributed by atoms with Gasteiger partial charge in [-0.25, -0.2) is 0 Å². The monoisotopic (exact) mass is 359 g/mol. The quantitative estimate of drug-likeness (QED) is 0.558. The van der Waals surface area contributed by atoms with Crippen molar-refractivity contribution in [2.24, 2.45) is 7.05 Å². The summed E-state index contributed by atoms with van der Waals surface area (Å²) in [4.78, 5) is 12.5. The predicted octanol–water partition coefficient (Wildman–Crippen LogP) is 3.72. The second kappa shape index (κ2) is 7.79. The van der Waals surface area contributed by atoms with E-state index in [1.54, 1.807) is 13.2 Å². The fourth-order valence-electron chi connectivity index (χ4n) is 3.05. The van der Waals surface area contributed by atoms with Gasteiger partial charge in [-0.1, -0.05) is 30.3 Å². The van der Waals surface area contributed by atoms with E-state index >= 15 is 0 Å². The first kappa shape index (κ1) is 18.3. The topological polar surface area (TPSA) is 67.0 Å². The van der Waals surface area contributed by atoms with E-state index < -0.39 is 0 Å². The molecule has 0 spiro atoms. The van der Waals surface area contributed by atoms with E-state index in [0.717, 1.165) is 33.5 Å². The van der Waals surface area contributed by atoms with Gasteiger partial charge in [-0.15, -0.1) is 0 Å². The largest absolute Gasteiger partial charge is 0.497 e. The van der Waals surface area contributed by atoms with Crippen molar-refractivity contribution in [1.29, 1.82) is 5.26 Å². The first-order valence-electron chi connectivity index (χ1n) is 8.62. The molecule has 0 aliphatic carbocycles. The molecular formula is C22H21N3O2. The summed E-state index contributed by atoms with van der Waals surface area (Å²) in [6, 6.07) is 17.4. The second-order valence-corrected chi connectivity index (χ2v) is 6.28. The van der Waals surface area contributed by atoms with E-state index in [9.17, 15) is 10.1 Å². The summed E-state index contributed by atoms with van der Waals surface area (Å²) in [5.41, 5.74) is 3.99. The van der Waals surface area contributed by atoms with Gasteiger partial charge >= 0.3 is 0 Å². The molecule has 0 radical (unpaired) electrons. The van der Waals surface area contributed by atoms with Crippen LogP contribution in [0.3, 0.4) is 0 Å². The summed E-state index contributed by atoms with van der Waals surface area (Å²) >= 11 is 0. The Labute approximate surface area is 158 Å². The minimum atomic E-state index is -0.388. The molecule has 1 heterocycles. The lowest BCUT2D eigenvalue weighted by atomic mass is 10.1. The fourth-order valence-corrected chi connectivity index (χ4v) is 3.05. The number of amides is 1. The molecular weight excluding hydrogens is 338 g/mol. The highest BCUT2D eigenvalue weighted by molar-refractivity contribution is 6.04. The average Bonchev–Trinajstić information content (AvgIpc) is 2.95. The second-order valence-electron chi connectivity index (χ2n) is 6.28. The Morgan fingerprint density at radius 2 is 1.93 bits per heavy atom.